The van der Waals surface area contributed by atoms with Gasteiger partial charge in [0, 0.05) is 20.2 Å². The van der Waals surface area contributed by atoms with Crippen molar-refractivity contribution in [1.29, 1.82) is 0 Å². The van der Waals surface area contributed by atoms with Gasteiger partial charge in [0.2, 0.25) is 5.91 Å². The standard InChI is InChI=1S/C16H13BrINO/c17-13-4-1-11(2-5-13)10-19-15-7-6-14(18)9-12(15)3-8-16(19)20/h1-2,4-7,9H,3,8,10H2. The summed E-state index contributed by atoms with van der Waals surface area (Å²) >= 11 is 5.75. The molecule has 2 aromatic rings. The molecule has 20 heavy (non-hydrogen) atoms. The summed E-state index contributed by atoms with van der Waals surface area (Å²) in [6.45, 7) is 0.639. The van der Waals surface area contributed by atoms with Crippen LogP contribution in [0.5, 0.6) is 0 Å². The lowest BCUT2D eigenvalue weighted by Crippen LogP contribution is -2.34. The summed E-state index contributed by atoms with van der Waals surface area (Å²) in [5.74, 6) is 0.210. The third-order valence-corrected chi connectivity index (χ3v) is 4.70. The largest absolute Gasteiger partial charge is 0.308 e. The number of fused-ring (bicyclic) bond motifs is 1. The van der Waals surface area contributed by atoms with Crippen molar-refractivity contribution in [3.63, 3.8) is 0 Å². The fourth-order valence-corrected chi connectivity index (χ4v) is 3.29. The summed E-state index contributed by atoms with van der Waals surface area (Å²) in [7, 11) is 0. The van der Waals surface area contributed by atoms with E-state index in [1.54, 1.807) is 0 Å². The Hall–Kier alpha value is -0.880. The molecule has 1 heterocycles. The lowest BCUT2D eigenvalue weighted by atomic mass is 10.0. The minimum atomic E-state index is 0.210. The molecule has 0 saturated heterocycles. The van der Waals surface area contributed by atoms with Crippen LogP contribution in [0.4, 0.5) is 5.69 Å². The third kappa shape index (κ3) is 2.91. The zero-order valence-corrected chi connectivity index (χ0v) is 14.5. The van der Waals surface area contributed by atoms with E-state index in [4.69, 9.17) is 0 Å². The number of rotatable bonds is 2. The van der Waals surface area contributed by atoms with Crippen molar-refractivity contribution in [2.45, 2.75) is 19.4 Å². The molecule has 0 radical (unpaired) electrons. The first kappa shape index (κ1) is 14.1. The molecule has 0 aromatic heterocycles. The predicted molar refractivity (Wildman–Crippen MR) is 92.8 cm³/mol. The Morgan fingerprint density at radius 1 is 1.10 bits per heavy atom. The highest BCUT2D eigenvalue weighted by Gasteiger charge is 2.24. The molecule has 1 amide bonds. The van der Waals surface area contributed by atoms with Crippen molar-refractivity contribution >= 4 is 50.1 Å². The number of carbonyl (C=O) groups excluding carboxylic acids is 1. The Balaban J connectivity index is 1.93. The van der Waals surface area contributed by atoms with Crippen LogP contribution in [0.2, 0.25) is 0 Å². The number of carbonyl (C=O) groups is 1. The molecule has 1 aliphatic heterocycles. The molecule has 0 fully saturated rings. The molecular weight excluding hydrogens is 429 g/mol. The van der Waals surface area contributed by atoms with E-state index in [9.17, 15) is 4.79 Å². The van der Waals surface area contributed by atoms with Gasteiger partial charge in [0.15, 0.2) is 0 Å². The van der Waals surface area contributed by atoms with E-state index in [2.05, 4.69) is 68.9 Å². The van der Waals surface area contributed by atoms with Crippen LogP contribution >= 0.6 is 38.5 Å². The zero-order chi connectivity index (χ0) is 14.1. The van der Waals surface area contributed by atoms with Crippen LogP contribution in [0, 0.1) is 3.57 Å². The van der Waals surface area contributed by atoms with Crippen LogP contribution < -0.4 is 4.90 Å². The van der Waals surface area contributed by atoms with E-state index >= 15 is 0 Å². The van der Waals surface area contributed by atoms with E-state index < -0.39 is 0 Å². The molecule has 2 aromatic carbocycles. The van der Waals surface area contributed by atoms with Crippen molar-refractivity contribution in [2.75, 3.05) is 4.90 Å². The molecule has 0 spiro atoms. The molecule has 0 bridgehead atoms. The zero-order valence-electron chi connectivity index (χ0n) is 10.8. The van der Waals surface area contributed by atoms with Crippen LogP contribution in [-0.2, 0) is 17.8 Å². The van der Waals surface area contributed by atoms with E-state index in [-0.39, 0.29) is 5.91 Å². The van der Waals surface area contributed by atoms with Gasteiger partial charge in [-0.3, -0.25) is 4.79 Å². The Bertz CT molecular complexity index is 654. The summed E-state index contributed by atoms with van der Waals surface area (Å²) in [6, 6.07) is 14.4. The fourth-order valence-electron chi connectivity index (χ4n) is 2.47. The van der Waals surface area contributed by atoms with Gasteiger partial charge in [0.25, 0.3) is 0 Å². The van der Waals surface area contributed by atoms with Gasteiger partial charge in [-0.2, -0.15) is 0 Å². The van der Waals surface area contributed by atoms with Gasteiger partial charge in [-0.15, -0.1) is 0 Å². The van der Waals surface area contributed by atoms with Crippen molar-refractivity contribution in [3.8, 4) is 0 Å². The van der Waals surface area contributed by atoms with Crippen LogP contribution in [0.15, 0.2) is 46.9 Å². The van der Waals surface area contributed by atoms with E-state index in [0.29, 0.717) is 13.0 Å². The molecule has 0 unspecified atom stereocenters. The summed E-state index contributed by atoms with van der Waals surface area (Å²) < 4.78 is 2.28. The van der Waals surface area contributed by atoms with Gasteiger partial charge in [0.1, 0.15) is 0 Å². The predicted octanol–water partition coefficient (Wildman–Crippen LogP) is 4.53. The van der Waals surface area contributed by atoms with E-state index in [0.717, 1.165) is 22.1 Å². The Kier molecular flexibility index (Phi) is 4.12. The number of nitrogens with zero attached hydrogens (tertiary/aromatic N) is 1. The van der Waals surface area contributed by atoms with Crippen LogP contribution in [0.25, 0.3) is 0 Å². The lowest BCUT2D eigenvalue weighted by molar-refractivity contribution is -0.119. The summed E-state index contributed by atoms with van der Waals surface area (Å²) in [6.07, 6.45) is 1.45. The van der Waals surface area contributed by atoms with Crippen molar-refractivity contribution in [1.82, 2.24) is 0 Å². The number of halogens is 2. The topological polar surface area (TPSA) is 20.3 Å². The number of hydrogen-bond acceptors (Lipinski definition) is 1. The number of benzene rings is 2. The molecular formula is C16H13BrINO. The summed E-state index contributed by atoms with van der Waals surface area (Å²) in [4.78, 5) is 14.1. The van der Waals surface area contributed by atoms with Gasteiger partial charge in [-0.1, -0.05) is 28.1 Å². The van der Waals surface area contributed by atoms with Gasteiger partial charge in [-0.25, -0.2) is 0 Å². The average molecular weight is 442 g/mol. The van der Waals surface area contributed by atoms with Crippen molar-refractivity contribution in [2.24, 2.45) is 0 Å². The highest BCUT2D eigenvalue weighted by Crippen LogP contribution is 2.30. The first-order valence-corrected chi connectivity index (χ1v) is 8.34. The lowest BCUT2D eigenvalue weighted by Gasteiger charge is -2.29. The minimum Gasteiger partial charge on any atom is -0.308 e. The normalized spacial score (nSPS) is 14.3. The highest BCUT2D eigenvalue weighted by molar-refractivity contribution is 14.1. The molecule has 102 valence electrons. The second-order valence-electron chi connectivity index (χ2n) is 4.88. The molecule has 1 aliphatic rings. The molecule has 0 aliphatic carbocycles. The van der Waals surface area contributed by atoms with Crippen LogP contribution in [-0.4, -0.2) is 5.91 Å². The maximum atomic E-state index is 12.2. The van der Waals surface area contributed by atoms with E-state index in [1.807, 2.05) is 17.0 Å². The molecule has 0 N–H and O–H groups in total. The number of hydrogen-bond donors (Lipinski definition) is 0. The minimum absolute atomic E-state index is 0.210. The van der Waals surface area contributed by atoms with Gasteiger partial charge in [-0.05, 0) is 70.5 Å². The Morgan fingerprint density at radius 2 is 1.85 bits per heavy atom. The van der Waals surface area contributed by atoms with Crippen LogP contribution in [0.3, 0.4) is 0 Å². The van der Waals surface area contributed by atoms with Crippen LogP contribution in [0.1, 0.15) is 17.5 Å². The molecule has 4 heteroatoms. The summed E-state index contributed by atoms with van der Waals surface area (Å²) in [5, 5.41) is 0. The third-order valence-electron chi connectivity index (χ3n) is 3.50. The Labute approximate surface area is 140 Å². The second kappa shape index (κ2) is 5.85. The van der Waals surface area contributed by atoms with Crippen molar-refractivity contribution < 1.29 is 4.79 Å². The van der Waals surface area contributed by atoms with Crippen molar-refractivity contribution in [3.05, 3.63) is 61.6 Å². The first-order chi connectivity index (χ1) is 9.63. The highest BCUT2D eigenvalue weighted by atomic mass is 127. The monoisotopic (exact) mass is 441 g/mol. The average Bonchev–Trinajstić information content (AvgIpc) is 2.44. The van der Waals surface area contributed by atoms with E-state index in [1.165, 1.54) is 9.13 Å². The molecule has 0 saturated carbocycles. The SMILES string of the molecule is O=C1CCc2cc(I)ccc2N1Cc1ccc(Br)cc1. The van der Waals surface area contributed by atoms with Gasteiger partial charge >= 0.3 is 0 Å². The quantitative estimate of drug-likeness (QED) is 0.627. The maximum absolute atomic E-state index is 12.2. The second-order valence-corrected chi connectivity index (χ2v) is 7.04. The number of anilines is 1. The molecule has 3 rings (SSSR count). The first-order valence-electron chi connectivity index (χ1n) is 6.47. The van der Waals surface area contributed by atoms with Gasteiger partial charge < -0.3 is 4.90 Å². The van der Waals surface area contributed by atoms with Gasteiger partial charge in [0.05, 0.1) is 6.54 Å². The fraction of sp³-hybridized carbons (Fsp3) is 0.188. The number of aryl methyl sites for hydroxylation is 1. The molecule has 2 nitrogen and oxygen atoms in total. The molecule has 0 atom stereocenters. The Morgan fingerprint density at radius 3 is 2.60 bits per heavy atom. The number of amides is 1. The summed E-state index contributed by atoms with van der Waals surface area (Å²) in [5.41, 5.74) is 3.48. The maximum Gasteiger partial charge on any atom is 0.227 e. The smallest absolute Gasteiger partial charge is 0.227 e.